The van der Waals surface area contributed by atoms with Crippen LogP contribution in [0.4, 0.5) is 5.69 Å². The molecule has 1 fully saturated rings. The molecule has 6 heteroatoms. The summed E-state index contributed by atoms with van der Waals surface area (Å²) >= 11 is 0. The van der Waals surface area contributed by atoms with E-state index in [0.29, 0.717) is 11.9 Å². The van der Waals surface area contributed by atoms with Gasteiger partial charge in [0.25, 0.3) is 0 Å². The van der Waals surface area contributed by atoms with E-state index in [2.05, 4.69) is 22.5 Å². The summed E-state index contributed by atoms with van der Waals surface area (Å²) in [6.45, 7) is 4.90. The lowest BCUT2D eigenvalue weighted by molar-refractivity contribution is -0.120. The molecule has 1 amide bonds. The van der Waals surface area contributed by atoms with E-state index in [-0.39, 0.29) is 24.2 Å². The summed E-state index contributed by atoms with van der Waals surface area (Å²) in [5.74, 6) is 0.738. The molecular weight excluding hydrogens is 314 g/mol. The van der Waals surface area contributed by atoms with Gasteiger partial charge < -0.3 is 15.1 Å². The van der Waals surface area contributed by atoms with Gasteiger partial charge >= 0.3 is 0 Å². The van der Waals surface area contributed by atoms with Crippen LogP contribution in [0.1, 0.15) is 25.5 Å². The Bertz CT molecular complexity index is 671. The molecule has 0 spiro atoms. The Morgan fingerprint density at radius 3 is 2.96 bits per heavy atom. The van der Waals surface area contributed by atoms with Crippen molar-refractivity contribution in [1.29, 1.82) is 0 Å². The fourth-order valence-electron chi connectivity index (χ4n) is 2.83. The second-order valence-electron chi connectivity index (χ2n) is 5.94. The minimum Gasteiger partial charge on any atom is -0.444 e. The molecule has 0 saturated carbocycles. The van der Waals surface area contributed by atoms with Gasteiger partial charge in [0, 0.05) is 23.2 Å². The van der Waals surface area contributed by atoms with Crippen LogP contribution in [0.2, 0.25) is 0 Å². The number of nitrogens with one attached hydrogen (secondary N) is 2. The minimum atomic E-state index is 0. The summed E-state index contributed by atoms with van der Waals surface area (Å²) in [5.41, 5.74) is 2.49. The van der Waals surface area contributed by atoms with Crippen LogP contribution in [-0.2, 0) is 4.79 Å². The first-order valence-corrected chi connectivity index (χ1v) is 7.68. The highest BCUT2D eigenvalue weighted by atomic mass is 35.5. The minimum absolute atomic E-state index is 0. The maximum atomic E-state index is 12.4. The van der Waals surface area contributed by atoms with Gasteiger partial charge in [-0.15, -0.1) is 12.4 Å². The molecule has 3 rings (SSSR count). The second kappa shape index (κ2) is 7.62. The molecule has 1 aliphatic rings. The average Bonchev–Trinajstić information content (AvgIpc) is 2.94. The van der Waals surface area contributed by atoms with Crippen LogP contribution in [0.5, 0.6) is 0 Å². The standard InChI is InChI=1S/C17H21N3O2.ClH/c1-11-8-13(6-7-18-11)16(21)20-15-5-3-4-14(9-15)17-19-12(2)10-22-17;/h3-5,9-11,13,18H,6-8H2,1-2H3,(H,20,21);1H/t11-,13-;/m0./s1. The Morgan fingerprint density at radius 2 is 2.26 bits per heavy atom. The number of amides is 1. The van der Waals surface area contributed by atoms with Gasteiger partial charge in [0.1, 0.15) is 6.26 Å². The van der Waals surface area contributed by atoms with Crippen molar-refractivity contribution in [2.24, 2.45) is 5.92 Å². The Balaban J connectivity index is 0.00000192. The van der Waals surface area contributed by atoms with Crippen LogP contribution in [0.3, 0.4) is 0 Å². The van der Waals surface area contributed by atoms with Crippen LogP contribution < -0.4 is 10.6 Å². The van der Waals surface area contributed by atoms with Gasteiger partial charge in [0.05, 0.1) is 5.69 Å². The van der Waals surface area contributed by atoms with E-state index in [0.717, 1.165) is 36.3 Å². The zero-order valence-electron chi connectivity index (χ0n) is 13.3. The van der Waals surface area contributed by atoms with Gasteiger partial charge in [-0.2, -0.15) is 0 Å². The number of piperidine rings is 1. The summed E-state index contributed by atoms with van der Waals surface area (Å²) < 4.78 is 5.41. The third-order valence-corrected chi connectivity index (χ3v) is 3.99. The zero-order valence-corrected chi connectivity index (χ0v) is 14.2. The Morgan fingerprint density at radius 1 is 1.43 bits per heavy atom. The van der Waals surface area contributed by atoms with Crippen LogP contribution in [0.15, 0.2) is 34.9 Å². The number of aromatic nitrogens is 1. The fraction of sp³-hybridized carbons (Fsp3) is 0.412. The summed E-state index contributed by atoms with van der Waals surface area (Å²) in [6, 6.07) is 8.00. The number of anilines is 1. The van der Waals surface area contributed by atoms with E-state index in [1.807, 2.05) is 31.2 Å². The van der Waals surface area contributed by atoms with Crippen molar-refractivity contribution in [2.75, 3.05) is 11.9 Å². The van der Waals surface area contributed by atoms with E-state index in [1.165, 1.54) is 0 Å². The molecule has 1 aromatic heterocycles. The highest BCUT2D eigenvalue weighted by Crippen LogP contribution is 2.23. The normalized spacial score (nSPS) is 20.6. The number of carbonyl (C=O) groups is 1. The van der Waals surface area contributed by atoms with E-state index in [4.69, 9.17) is 4.42 Å². The lowest BCUT2D eigenvalue weighted by Gasteiger charge is -2.27. The largest absolute Gasteiger partial charge is 0.444 e. The quantitative estimate of drug-likeness (QED) is 0.902. The number of rotatable bonds is 3. The molecule has 2 heterocycles. The Kier molecular flexibility index (Phi) is 5.80. The van der Waals surface area contributed by atoms with Crippen molar-refractivity contribution in [3.63, 3.8) is 0 Å². The van der Waals surface area contributed by atoms with Crippen LogP contribution in [-0.4, -0.2) is 23.5 Å². The van der Waals surface area contributed by atoms with E-state index in [9.17, 15) is 4.79 Å². The lowest BCUT2D eigenvalue weighted by atomic mass is 9.92. The molecule has 5 nitrogen and oxygen atoms in total. The highest BCUT2D eigenvalue weighted by Gasteiger charge is 2.24. The number of hydrogen-bond acceptors (Lipinski definition) is 4. The summed E-state index contributed by atoms with van der Waals surface area (Å²) in [4.78, 5) is 16.7. The first-order chi connectivity index (χ1) is 10.6. The molecule has 23 heavy (non-hydrogen) atoms. The summed E-state index contributed by atoms with van der Waals surface area (Å²) in [6.07, 6.45) is 3.39. The molecule has 0 unspecified atom stereocenters. The Hall–Kier alpha value is -1.85. The molecule has 1 aliphatic heterocycles. The molecule has 0 bridgehead atoms. The SMILES string of the molecule is Cc1coc(-c2cccc(NC(=O)[C@H]3CCN[C@@H](C)C3)c2)n1.Cl. The topological polar surface area (TPSA) is 67.2 Å². The lowest BCUT2D eigenvalue weighted by Crippen LogP contribution is -2.40. The van der Waals surface area contributed by atoms with Crippen LogP contribution in [0.25, 0.3) is 11.5 Å². The smallest absolute Gasteiger partial charge is 0.227 e. The number of carbonyl (C=O) groups excluding carboxylic acids is 1. The van der Waals surface area contributed by atoms with Gasteiger partial charge in [-0.1, -0.05) is 6.07 Å². The Labute approximate surface area is 142 Å². The first kappa shape index (κ1) is 17.5. The molecule has 0 radical (unpaired) electrons. The zero-order chi connectivity index (χ0) is 15.5. The van der Waals surface area contributed by atoms with Crippen LogP contribution in [0, 0.1) is 12.8 Å². The first-order valence-electron chi connectivity index (χ1n) is 7.68. The van der Waals surface area contributed by atoms with Gasteiger partial charge in [0.2, 0.25) is 11.8 Å². The summed E-state index contributed by atoms with van der Waals surface area (Å²) in [5, 5.41) is 6.38. The molecule has 124 valence electrons. The second-order valence-corrected chi connectivity index (χ2v) is 5.94. The molecular formula is C17H22ClN3O2. The predicted octanol–water partition coefficient (Wildman–Crippen LogP) is 3.40. The highest BCUT2D eigenvalue weighted by molar-refractivity contribution is 5.93. The molecule has 1 saturated heterocycles. The number of benzene rings is 1. The third kappa shape index (κ3) is 4.33. The molecule has 0 aliphatic carbocycles. The van der Waals surface area contributed by atoms with Gasteiger partial charge in [-0.05, 0) is 51.4 Å². The number of nitrogens with zero attached hydrogens (tertiary/aromatic N) is 1. The third-order valence-electron chi connectivity index (χ3n) is 3.99. The molecule has 2 N–H and O–H groups in total. The van der Waals surface area contributed by atoms with Gasteiger partial charge in [-0.3, -0.25) is 4.79 Å². The van der Waals surface area contributed by atoms with Crippen molar-refractivity contribution < 1.29 is 9.21 Å². The predicted molar refractivity (Wildman–Crippen MR) is 92.7 cm³/mol. The number of aryl methyl sites for hydroxylation is 1. The van der Waals surface area contributed by atoms with Crippen LogP contribution >= 0.6 is 12.4 Å². The van der Waals surface area contributed by atoms with Gasteiger partial charge in [-0.25, -0.2) is 4.98 Å². The number of halogens is 1. The maximum absolute atomic E-state index is 12.4. The van der Waals surface area contributed by atoms with Crippen molar-refractivity contribution >= 4 is 24.0 Å². The monoisotopic (exact) mass is 335 g/mol. The van der Waals surface area contributed by atoms with E-state index >= 15 is 0 Å². The summed E-state index contributed by atoms with van der Waals surface area (Å²) in [7, 11) is 0. The fourth-order valence-corrected chi connectivity index (χ4v) is 2.83. The molecule has 2 aromatic rings. The van der Waals surface area contributed by atoms with Crippen molar-refractivity contribution in [3.8, 4) is 11.5 Å². The number of oxazole rings is 1. The molecule has 2 atom stereocenters. The average molecular weight is 336 g/mol. The van der Waals surface area contributed by atoms with Crippen molar-refractivity contribution in [3.05, 3.63) is 36.2 Å². The van der Waals surface area contributed by atoms with Crippen molar-refractivity contribution in [1.82, 2.24) is 10.3 Å². The maximum Gasteiger partial charge on any atom is 0.227 e. The van der Waals surface area contributed by atoms with E-state index in [1.54, 1.807) is 6.26 Å². The molecule has 1 aromatic carbocycles. The van der Waals surface area contributed by atoms with Crippen molar-refractivity contribution in [2.45, 2.75) is 32.7 Å². The number of hydrogen-bond donors (Lipinski definition) is 2. The van der Waals surface area contributed by atoms with E-state index < -0.39 is 0 Å². The van der Waals surface area contributed by atoms with Gasteiger partial charge in [0.15, 0.2) is 0 Å².